The number of hydrogen-bond donors (Lipinski definition) is 1. The van der Waals surface area contributed by atoms with Crippen molar-refractivity contribution in [2.45, 2.75) is 20.4 Å². The summed E-state index contributed by atoms with van der Waals surface area (Å²) in [7, 11) is 0. The first kappa shape index (κ1) is 12.5. The number of nitrogens with zero attached hydrogens (tertiary/aromatic N) is 2. The van der Waals surface area contributed by atoms with Gasteiger partial charge in [0, 0.05) is 18.3 Å². The van der Waals surface area contributed by atoms with E-state index in [9.17, 15) is 0 Å². The van der Waals surface area contributed by atoms with Crippen molar-refractivity contribution < 1.29 is 4.74 Å². The molecular formula is C14H17N3O. The first-order valence-corrected chi connectivity index (χ1v) is 6.05. The van der Waals surface area contributed by atoms with Gasteiger partial charge in [-0.15, -0.1) is 0 Å². The third-order valence-electron chi connectivity index (χ3n) is 2.44. The van der Waals surface area contributed by atoms with Gasteiger partial charge in [-0.25, -0.2) is 4.98 Å². The van der Waals surface area contributed by atoms with Crippen molar-refractivity contribution in [3.8, 4) is 11.6 Å². The molecule has 0 aliphatic rings. The number of nitrogens with one attached hydrogen (secondary N) is 1. The molecule has 0 aliphatic carbocycles. The number of aryl methyl sites for hydroxylation is 1. The Morgan fingerprint density at radius 2 is 2.11 bits per heavy atom. The summed E-state index contributed by atoms with van der Waals surface area (Å²) in [6, 6.07) is 9.56. The molecule has 0 fully saturated rings. The molecule has 0 bridgehead atoms. The van der Waals surface area contributed by atoms with Gasteiger partial charge < -0.3 is 10.1 Å². The highest BCUT2D eigenvalue weighted by atomic mass is 16.5. The second-order valence-corrected chi connectivity index (χ2v) is 3.98. The zero-order valence-corrected chi connectivity index (χ0v) is 10.7. The van der Waals surface area contributed by atoms with E-state index in [1.54, 1.807) is 6.20 Å². The monoisotopic (exact) mass is 243 g/mol. The highest BCUT2D eigenvalue weighted by Crippen LogP contribution is 2.18. The second kappa shape index (κ2) is 6.12. The summed E-state index contributed by atoms with van der Waals surface area (Å²) in [6.45, 7) is 5.69. The van der Waals surface area contributed by atoms with Gasteiger partial charge in [-0.3, -0.25) is 4.98 Å². The summed E-state index contributed by atoms with van der Waals surface area (Å²) in [4.78, 5) is 8.60. The molecular weight excluding hydrogens is 226 g/mol. The number of aromatic nitrogens is 2. The first-order chi connectivity index (χ1) is 8.78. The molecule has 0 saturated carbocycles. The topological polar surface area (TPSA) is 47.0 Å². The van der Waals surface area contributed by atoms with E-state index < -0.39 is 0 Å². The predicted octanol–water partition coefficient (Wildman–Crippen LogP) is 2.69. The summed E-state index contributed by atoms with van der Waals surface area (Å²) in [6.07, 6.45) is 1.70. The third-order valence-corrected chi connectivity index (χ3v) is 2.44. The van der Waals surface area contributed by atoms with Crippen LogP contribution < -0.4 is 10.1 Å². The van der Waals surface area contributed by atoms with E-state index in [2.05, 4.69) is 22.2 Å². The molecule has 2 aromatic heterocycles. The molecule has 2 aromatic rings. The Bertz CT molecular complexity index is 497. The van der Waals surface area contributed by atoms with Crippen LogP contribution in [0.3, 0.4) is 0 Å². The van der Waals surface area contributed by atoms with Crippen molar-refractivity contribution in [1.82, 2.24) is 15.3 Å². The van der Waals surface area contributed by atoms with E-state index in [4.69, 9.17) is 4.74 Å². The lowest BCUT2D eigenvalue weighted by molar-refractivity contribution is 0.457. The zero-order chi connectivity index (χ0) is 12.8. The lowest BCUT2D eigenvalue weighted by Crippen LogP contribution is -2.12. The molecule has 4 heteroatoms. The lowest BCUT2D eigenvalue weighted by atomic mass is 10.3. The van der Waals surface area contributed by atoms with Crippen LogP contribution in [0.5, 0.6) is 11.6 Å². The van der Waals surface area contributed by atoms with Gasteiger partial charge in [0.25, 0.3) is 0 Å². The molecule has 0 saturated heterocycles. The Morgan fingerprint density at radius 1 is 1.22 bits per heavy atom. The summed E-state index contributed by atoms with van der Waals surface area (Å²) in [5.74, 6) is 1.30. The Balaban J connectivity index is 2.06. The lowest BCUT2D eigenvalue weighted by Gasteiger charge is -2.06. The fourth-order valence-electron chi connectivity index (χ4n) is 1.50. The zero-order valence-electron chi connectivity index (χ0n) is 10.7. The van der Waals surface area contributed by atoms with Crippen LogP contribution in [-0.4, -0.2) is 16.5 Å². The van der Waals surface area contributed by atoms with E-state index >= 15 is 0 Å². The van der Waals surface area contributed by atoms with Crippen LogP contribution in [0, 0.1) is 6.92 Å². The van der Waals surface area contributed by atoms with Gasteiger partial charge in [0.2, 0.25) is 5.88 Å². The van der Waals surface area contributed by atoms with E-state index in [-0.39, 0.29) is 0 Å². The molecule has 0 aromatic carbocycles. The standard InChI is InChI=1S/C14H17N3O/c1-3-15-9-12-5-4-6-14(17-12)18-13-8-7-11(2)16-10-13/h4-8,10,15H,3,9H2,1-2H3. The Morgan fingerprint density at radius 3 is 2.83 bits per heavy atom. The normalized spacial score (nSPS) is 10.3. The van der Waals surface area contributed by atoms with Crippen LogP contribution in [0.1, 0.15) is 18.3 Å². The van der Waals surface area contributed by atoms with E-state index in [0.29, 0.717) is 11.6 Å². The Hall–Kier alpha value is -1.94. The van der Waals surface area contributed by atoms with Crippen LogP contribution in [-0.2, 0) is 6.54 Å². The van der Waals surface area contributed by atoms with Crippen molar-refractivity contribution >= 4 is 0 Å². The van der Waals surface area contributed by atoms with E-state index in [1.807, 2.05) is 37.3 Å². The second-order valence-electron chi connectivity index (χ2n) is 3.98. The average Bonchev–Trinajstić information content (AvgIpc) is 2.40. The molecule has 0 amide bonds. The van der Waals surface area contributed by atoms with Crippen molar-refractivity contribution in [3.05, 3.63) is 47.9 Å². The van der Waals surface area contributed by atoms with Crippen molar-refractivity contribution in [1.29, 1.82) is 0 Å². The number of rotatable bonds is 5. The SMILES string of the molecule is CCNCc1cccc(Oc2ccc(C)nc2)n1. The fourth-order valence-corrected chi connectivity index (χ4v) is 1.50. The van der Waals surface area contributed by atoms with Crippen molar-refractivity contribution in [3.63, 3.8) is 0 Å². The molecule has 0 unspecified atom stereocenters. The van der Waals surface area contributed by atoms with Gasteiger partial charge in [-0.2, -0.15) is 0 Å². The van der Waals surface area contributed by atoms with Gasteiger partial charge in [-0.1, -0.05) is 13.0 Å². The number of ether oxygens (including phenoxy) is 1. The molecule has 94 valence electrons. The molecule has 0 atom stereocenters. The maximum atomic E-state index is 5.65. The van der Waals surface area contributed by atoms with E-state index in [0.717, 1.165) is 24.5 Å². The number of pyridine rings is 2. The minimum absolute atomic E-state index is 0.594. The highest BCUT2D eigenvalue weighted by Gasteiger charge is 2.00. The number of hydrogen-bond acceptors (Lipinski definition) is 4. The molecule has 0 aliphatic heterocycles. The van der Waals surface area contributed by atoms with Gasteiger partial charge >= 0.3 is 0 Å². The quantitative estimate of drug-likeness (QED) is 0.877. The molecule has 0 radical (unpaired) electrons. The van der Waals surface area contributed by atoms with Gasteiger partial charge in [0.05, 0.1) is 11.9 Å². The van der Waals surface area contributed by atoms with Crippen molar-refractivity contribution in [2.75, 3.05) is 6.54 Å². The van der Waals surface area contributed by atoms with Crippen LogP contribution in [0.2, 0.25) is 0 Å². The Kier molecular flexibility index (Phi) is 4.25. The van der Waals surface area contributed by atoms with Crippen LogP contribution >= 0.6 is 0 Å². The maximum Gasteiger partial charge on any atom is 0.219 e. The molecule has 4 nitrogen and oxygen atoms in total. The molecule has 2 rings (SSSR count). The van der Waals surface area contributed by atoms with E-state index in [1.165, 1.54) is 0 Å². The summed E-state index contributed by atoms with van der Waals surface area (Å²) >= 11 is 0. The van der Waals surface area contributed by atoms with Crippen LogP contribution in [0.15, 0.2) is 36.5 Å². The summed E-state index contributed by atoms with van der Waals surface area (Å²) < 4.78 is 5.65. The summed E-state index contributed by atoms with van der Waals surface area (Å²) in [5.41, 5.74) is 1.94. The largest absolute Gasteiger partial charge is 0.437 e. The van der Waals surface area contributed by atoms with Gasteiger partial charge in [-0.05, 0) is 31.7 Å². The summed E-state index contributed by atoms with van der Waals surface area (Å²) in [5, 5.41) is 3.23. The molecule has 18 heavy (non-hydrogen) atoms. The fraction of sp³-hybridized carbons (Fsp3) is 0.286. The minimum atomic E-state index is 0.594. The maximum absolute atomic E-state index is 5.65. The molecule has 2 heterocycles. The van der Waals surface area contributed by atoms with Crippen LogP contribution in [0.25, 0.3) is 0 Å². The highest BCUT2D eigenvalue weighted by molar-refractivity contribution is 5.26. The van der Waals surface area contributed by atoms with Crippen LogP contribution in [0.4, 0.5) is 0 Å². The van der Waals surface area contributed by atoms with Gasteiger partial charge in [0.1, 0.15) is 5.75 Å². The predicted molar refractivity (Wildman–Crippen MR) is 70.7 cm³/mol. The van der Waals surface area contributed by atoms with Crippen molar-refractivity contribution in [2.24, 2.45) is 0 Å². The average molecular weight is 243 g/mol. The van der Waals surface area contributed by atoms with Gasteiger partial charge in [0.15, 0.2) is 0 Å². The minimum Gasteiger partial charge on any atom is -0.437 e. The molecule has 1 N–H and O–H groups in total. The Labute approximate surface area is 107 Å². The first-order valence-electron chi connectivity index (χ1n) is 6.05. The smallest absolute Gasteiger partial charge is 0.219 e. The third kappa shape index (κ3) is 3.53. The molecule has 0 spiro atoms.